The van der Waals surface area contributed by atoms with Gasteiger partial charge in [-0.3, -0.25) is 19.2 Å². The van der Waals surface area contributed by atoms with Gasteiger partial charge in [-0.15, -0.1) is 0 Å². The molecule has 0 saturated heterocycles. The first-order valence-corrected chi connectivity index (χ1v) is 9.36. The van der Waals surface area contributed by atoms with Crippen LogP contribution in [0.3, 0.4) is 0 Å². The van der Waals surface area contributed by atoms with Crippen molar-refractivity contribution in [2.24, 2.45) is 11.8 Å². The molecule has 8 heteroatoms. The molecule has 1 fully saturated rings. The van der Waals surface area contributed by atoms with Gasteiger partial charge in [0.15, 0.2) is 0 Å². The Bertz CT molecular complexity index is 503. The van der Waals surface area contributed by atoms with Crippen molar-refractivity contribution in [2.75, 3.05) is 13.1 Å². The summed E-state index contributed by atoms with van der Waals surface area (Å²) in [6.45, 7) is 2.79. The number of hydrogen-bond donors (Lipinski definition) is 4. The smallest absolute Gasteiger partial charge is 0.308 e. The van der Waals surface area contributed by atoms with Gasteiger partial charge in [-0.2, -0.15) is 0 Å². The standard InChI is InChI=1S/C18H31N3O5/c1-12(18(25)26)10-19-16(23)11-20-17(24)13(2)21-15(22)9-8-14-6-4-3-5-7-14/h12-14H,3-11H2,1-2H3,(H,19,23)(H,20,24)(H,21,22)(H,25,26)/t12-,13-/m0/s1. The predicted molar refractivity (Wildman–Crippen MR) is 96.2 cm³/mol. The first kappa shape index (κ1) is 21.9. The molecular formula is C18H31N3O5. The highest BCUT2D eigenvalue weighted by atomic mass is 16.4. The van der Waals surface area contributed by atoms with Crippen LogP contribution in [0.5, 0.6) is 0 Å². The number of hydrogen-bond acceptors (Lipinski definition) is 4. The third-order valence-corrected chi connectivity index (χ3v) is 4.73. The normalized spacial score (nSPS) is 17.0. The molecule has 0 aliphatic heterocycles. The number of nitrogens with one attached hydrogen (secondary N) is 3. The molecule has 148 valence electrons. The third-order valence-electron chi connectivity index (χ3n) is 4.73. The summed E-state index contributed by atoms with van der Waals surface area (Å²) in [7, 11) is 0. The molecule has 0 heterocycles. The molecule has 8 nitrogen and oxygen atoms in total. The lowest BCUT2D eigenvalue weighted by atomic mass is 9.86. The molecule has 0 spiro atoms. The second kappa shape index (κ2) is 11.5. The fourth-order valence-corrected chi connectivity index (χ4v) is 2.93. The number of rotatable bonds is 10. The van der Waals surface area contributed by atoms with E-state index in [1.165, 1.54) is 39.0 Å². The topological polar surface area (TPSA) is 125 Å². The van der Waals surface area contributed by atoms with E-state index in [0.29, 0.717) is 12.3 Å². The lowest BCUT2D eigenvalue weighted by Gasteiger charge is -2.21. The molecule has 1 saturated carbocycles. The molecule has 1 rings (SSSR count). The molecule has 3 amide bonds. The van der Waals surface area contributed by atoms with E-state index in [1.807, 2.05) is 0 Å². The molecule has 1 aliphatic carbocycles. The Morgan fingerprint density at radius 1 is 1.00 bits per heavy atom. The molecule has 0 radical (unpaired) electrons. The fraction of sp³-hybridized carbons (Fsp3) is 0.778. The molecule has 4 N–H and O–H groups in total. The summed E-state index contributed by atoms with van der Waals surface area (Å²) < 4.78 is 0. The molecular weight excluding hydrogens is 338 g/mol. The number of amides is 3. The second-order valence-electron chi connectivity index (χ2n) is 7.09. The quantitative estimate of drug-likeness (QED) is 0.453. The predicted octanol–water partition coefficient (Wildman–Crippen LogP) is 0.805. The van der Waals surface area contributed by atoms with Crippen LogP contribution in [0.15, 0.2) is 0 Å². The van der Waals surface area contributed by atoms with Gasteiger partial charge in [0.2, 0.25) is 17.7 Å². The molecule has 0 aromatic carbocycles. The monoisotopic (exact) mass is 369 g/mol. The van der Waals surface area contributed by atoms with Gasteiger partial charge in [0.25, 0.3) is 0 Å². The Morgan fingerprint density at radius 3 is 2.27 bits per heavy atom. The summed E-state index contributed by atoms with van der Waals surface area (Å²) in [4.78, 5) is 46.1. The Morgan fingerprint density at radius 2 is 1.65 bits per heavy atom. The van der Waals surface area contributed by atoms with Gasteiger partial charge in [-0.25, -0.2) is 0 Å². The second-order valence-corrected chi connectivity index (χ2v) is 7.09. The molecule has 2 atom stereocenters. The van der Waals surface area contributed by atoms with Gasteiger partial charge in [0, 0.05) is 13.0 Å². The number of carbonyl (C=O) groups excluding carboxylic acids is 3. The molecule has 0 bridgehead atoms. The molecule has 0 aromatic rings. The van der Waals surface area contributed by atoms with Gasteiger partial charge < -0.3 is 21.1 Å². The van der Waals surface area contributed by atoms with E-state index in [2.05, 4.69) is 16.0 Å². The SMILES string of the molecule is C[C@H](NC(=O)CCC1CCCCC1)C(=O)NCC(=O)NC[C@H](C)C(=O)O. The molecule has 0 unspecified atom stereocenters. The Balaban J connectivity index is 2.19. The minimum absolute atomic E-state index is 0.00249. The van der Waals surface area contributed by atoms with Crippen LogP contribution < -0.4 is 16.0 Å². The Labute approximate surface area is 154 Å². The zero-order valence-electron chi connectivity index (χ0n) is 15.7. The number of carbonyl (C=O) groups is 4. The highest BCUT2D eigenvalue weighted by Gasteiger charge is 2.19. The van der Waals surface area contributed by atoms with Crippen molar-refractivity contribution in [3.63, 3.8) is 0 Å². The van der Waals surface area contributed by atoms with Crippen molar-refractivity contribution in [3.8, 4) is 0 Å². The van der Waals surface area contributed by atoms with Crippen molar-refractivity contribution in [3.05, 3.63) is 0 Å². The van der Waals surface area contributed by atoms with Crippen molar-refractivity contribution in [1.29, 1.82) is 0 Å². The van der Waals surface area contributed by atoms with Crippen LogP contribution in [0.25, 0.3) is 0 Å². The number of aliphatic carboxylic acids is 1. The maximum atomic E-state index is 12.0. The summed E-state index contributed by atoms with van der Waals surface area (Å²) in [6.07, 6.45) is 7.37. The van der Waals surface area contributed by atoms with Crippen LogP contribution in [-0.4, -0.2) is 47.9 Å². The van der Waals surface area contributed by atoms with Gasteiger partial charge in [-0.1, -0.05) is 39.0 Å². The zero-order chi connectivity index (χ0) is 19.5. The zero-order valence-corrected chi connectivity index (χ0v) is 15.7. The van der Waals surface area contributed by atoms with E-state index in [1.54, 1.807) is 6.92 Å². The van der Waals surface area contributed by atoms with Crippen LogP contribution in [0, 0.1) is 11.8 Å². The Hall–Kier alpha value is -2.12. The van der Waals surface area contributed by atoms with Gasteiger partial charge in [-0.05, 0) is 19.3 Å². The lowest BCUT2D eigenvalue weighted by molar-refractivity contribution is -0.141. The highest BCUT2D eigenvalue weighted by Crippen LogP contribution is 2.27. The summed E-state index contributed by atoms with van der Waals surface area (Å²) in [5.41, 5.74) is 0. The molecule has 1 aliphatic rings. The van der Waals surface area contributed by atoms with E-state index < -0.39 is 29.7 Å². The van der Waals surface area contributed by atoms with Gasteiger partial charge in [0.05, 0.1) is 12.5 Å². The van der Waals surface area contributed by atoms with Crippen molar-refractivity contribution in [2.45, 2.75) is 64.8 Å². The summed E-state index contributed by atoms with van der Waals surface area (Å²) in [6, 6.07) is -0.723. The average Bonchev–Trinajstić information content (AvgIpc) is 2.62. The van der Waals surface area contributed by atoms with Crippen LogP contribution >= 0.6 is 0 Å². The van der Waals surface area contributed by atoms with Crippen molar-refractivity contribution in [1.82, 2.24) is 16.0 Å². The van der Waals surface area contributed by atoms with Gasteiger partial charge in [0.1, 0.15) is 6.04 Å². The van der Waals surface area contributed by atoms with E-state index in [4.69, 9.17) is 5.11 Å². The average molecular weight is 369 g/mol. The van der Waals surface area contributed by atoms with Crippen LogP contribution in [0.1, 0.15) is 58.8 Å². The third kappa shape index (κ3) is 8.82. The van der Waals surface area contributed by atoms with E-state index in [0.717, 1.165) is 6.42 Å². The fourth-order valence-electron chi connectivity index (χ4n) is 2.93. The van der Waals surface area contributed by atoms with Crippen molar-refractivity contribution >= 4 is 23.7 Å². The lowest BCUT2D eigenvalue weighted by Crippen LogP contribution is -2.48. The summed E-state index contributed by atoms with van der Waals surface area (Å²) in [5.74, 6) is -2.16. The van der Waals surface area contributed by atoms with Crippen LogP contribution in [0.4, 0.5) is 0 Å². The number of carboxylic acids is 1. The van der Waals surface area contributed by atoms with Crippen LogP contribution in [-0.2, 0) is 19.2 Å². The maximum Gasteiger partial charge on any atom is 0.308 e. The summed E-state index contributed by atoms with van der Waals surface area (Å²) in [5, 5.41) is 16.2. The highest BCUT2D eigenvalue weighted by molar-refractivity contribution is 5.90. The summed E-state index contributed by atoms with van der Waals surface area (Å²) >= 11 is 0. The maximum absolute atomic E-state index is 12.0. The minimum Gasteiger partial charge on any atom is -0.481 e. The van der Waals surface area contributed by atoms with Gasteiger partial charge >= 0.3 is 5.97 Å². The molecule has 26 heavy (non-hydrogen) atoms. The van der Waals surface area contributed by atoms with Crippen molar-refractivity contribution < 1.29 is 24.3 Å². The largest absolute Gasteiger partial charge is 0.481 e. The van der Waals surface area contributed by atoms with Crippen LogP contribution in [0.2, 0.25) is 0 Å². The molecule has 0 aromatic heterocycles. The minimum atomic E-state index is -1.00. The number of carboxylic acid groups (broad SMARTS) is 1. The van der Waals surface area contributed by atoms with E-state index >= 15 is 0 Å². The van der Waals surface area contributed by atoms with E-state index in [-0.39, 0.29) is 19.0 Å². The first-order valence-electron chi connectivity index (χ1n) is 9.36. The first-order chi connectivity index (χ1) is 12.3. The Kier molecular flexibility index (Phi) is 9.69. The van der Waals surface area contributed by atoms with E-state index in [9.17, 15) is 19.2 Å².